The maximum Gasteiger partial charge on any atom is 0.246 e. The molecule has 1 aromatic heterocycles. The number of likely N-dealkylation sites (N-methyl/N-ethyl adjacent to an activating group) is 1. The van der Waals surface area contributed by atoms with Gasteiger partial charge in [-0.25, -0.2) is 4.98 Å². The molecular formula is C24H32N6O2. The monoisotopic (exact) mass is 436 g/mol. The van der Waals surface area contributed by atoms with Gasteiger partial charge in [0.25, 0.3) is 0 Å². The molecule has 1 unspecified atom stereocenters. The minimum atomic E-state index is -0.490. The smallest absolute Gasteiger partial charge is 0.246 e. The van der Waals surface area contributed by atoms with E-state index in [0.717, 1.165) is 55.2 Å². The summed E-state index contributed by atoms with van der Waals surface area (Å²) in [6, 6.07) is 8.23. The molecule has 2 fully saturated rings. The number of aromatic nitrogens is 2. The molecule has 3 aliphatic rings. The second-order valence-corrected chi connectivity index (χ2v) is 9.37. The van der Waals surface area contributed by atoms with Crippen molar-refractivity contribution in [2.24, 2.45) is 0 Å². The number of anilines is 3. The van der Waals surface area contributed by atoms with Gasteiger partial charge in [0.2, 0.25) is 11.9 Å². The van der Waals surface area contributed by atoms with Crippen molar-refractivity contribution in [3.05, 3.63) is 36.0 Å². The van der Waals surface area contributed by atoms with Crippen LogP contribution >= 0.6 is 0 Å². The summed E-state index contributed by atoms with van der Waals surface area (Å²) in [4.78, 5) is 26.8. The van der Waals surface area contributed by atoms with Crippen molar-refractivity contribution in [1.29, 1.82) is 0 Å². The van der Waals surface area contributed by atoms with Crippen LogP contribution in [0.1, 0.15) is 37.7 Å². The zero-order valence-electron chi connectivity index (χ0n) is 18.9. The maximum atomic E-state index is 12.9. The Bertz CT molecular complexity index is 973. The van der Waals surface area contributed by atoms with Gasteiger partial charge in [-0.15, -0.1) is 0 Å². The molecule has 1 saturated heterocycles. The highest BCUT2D eigenvalue weighted by Gasteiger charge is 2.55. The van der Waals surface area contributed by atoms with Crippen LogP contribution in [-0.2, 0) is 11.2 Å². The fourth-order valence-electron chi connectivity index (χ4n) is 5.25. The first kappa shape index (κ1) is 21.0. The van der Waals surface area contributed by atoms with E-state index in [9.17, 15) is 4.79 Å². The van der Waals surface area contributed by atoms with Crippen LogP contribution in [0.2, 0.25) is 0 Å². The van der Waals surface area contributed by atoms with Crippen LogP contribution in [0.5, 0.6) is 5.75 Å². The zero-order chi connectivity index (χ0) is 22.1. The van der Waals surface area contributed by atoms with Crippen molar-refractivity contribution >= 4 is 23.4 Å². The quantitative estimate of drug-likeness (QED) is 0.691. The number of fused-ring (bicyclic) bond motifs is 1. The molecule has 1 aliphatic carbocycles. The minimum Gasteiger partial charge on any atom is -0.492 e. The van der Waals surface area contributed by atoms with E-state index in [1.165, 1.54) is 12.8 Å². The number of carbonyl (C=O) groups is 1. The molecule has 1 spiro atoms. The van der Waals surface area contributed by atoms with E-state index in [2.05, 4.69) is 25.4 Å². The van der Waals surface area contributed by atoms with Gasteiger partial charge in [0, 0.05) is 43.0 Å². The first-order valence-electron chi connectivity index (χ1n) is 11.6. The number of nitrogens with zero attached hydrogens (tertiary/aromatic N) is 4. The number of amides is 1. The molecule has 170 valence electrons. The number of rotatable bonds is 7. The van der Waals surface area contributed by atoms with Gasteiger partial charge in [0.1, 0.15) is 23.7 Å². The van der Waals surface area contributed by atoms with Gasteiger partial charge >= 0.3 is 0 Å². The van der Waals surface area contributed by atoms with Gasteiger partial charge < -0.3 is 25.2 Å². The largest absolute Gasteiger partial charge is 0.492 e. The lowest BCUT2D eigenvalue weighted by atomic mass is 9.91. The van der Waals surface area contributed by atoms with Gasteiger partial charge in [-0.1, -0.05) is 12.8 Å². The second-order valence-electron chi connectivity index (χ2n) is 9.37. The lowest BCUT2D eigenvalue weighted by molar-refractivity contribution is -0.123. The molecule has 32 heavy (non-hydrogen) atoms. The molecule has 2 aliphatic heterocycles. The third kappa shape index (κ3) is 3.88. The number of nitrogens with one attached hydrogen (secondary N) is 2. The van der Waals surface area contributed by atoms with E-state index in [-0.39, 0.29) is 5.91 Å². The van der Waals surface area contributed by atoms with Gasteiger partial charge in [0.15, 0.2) is 0 Å². The molecule has 1 aromatic carbocycles. The Balaban J connectivity index is 1.34. The first-order chi connectivity index (χ1) is 15.5. The number of carbonyl (C=O) groups excluding carboxylic acids is 1. The van der Waals surface area contributed by atoms with Crippen LogP contribution in [0, 0.1) is 0 Å². The highest BCUT2D eigenvalue weighted by Crippen LogP contribution is 2.46. The van der Waals surface area contributed by atoms with Crippen molar-refractivity contribution < 1.29 is 9.53 Å². The SMILES string of the molecule is CN(C)CCOc1ccc(Nc2ncc3c(n2)N(C2CCCC2)C2(CCNC2=O)C3)cc1. The standard InChI is InChI=1S/C24H32N6O2/c1-29(2)13-14-32-20-9-7-18(8-10-20)27-23-26-16-17-15-24(11-12-25-22(24)31)30(21(17)28-23)19-5-3-4-6-19/h7-10,16,19H,3-6,11-15H2,1-2H3,(H,25,31)(H,26,27,28). The molecule has 2 aromatic rings. The Kier molecular flexibility index (Phi) is 5.63. The number of hydrogen-bond donors (Lipinski definition) is 2. The fraction of sp³-hybridized carbons (Fsp3) is 0.542. The molecule has 3 heterocycles. The van der Waals surface area contributed by atoms with Crippen molar-refractivity contribution in [3.8, 4) is 5.75 Å². The maximum absolute atomic E-state index is 12.9. The normalized spacial score (nSPS) is 22.6. The summed E-state index contributed by atoms with van der Waals surface area (Å²) in [7, 11) is 4.06. The van der Waals surface area contributed by atoms with Crippen LogP contribution in [0.3, 0.4) is 0 Å². The van der Waals surface area contributed by atoms with E-state index in [1.54, 1.807) is 0 Å². The van der Waals surface area contributed by atoms with Crippen LogP contribution in [0.4, 0.5) is 17.5 Å². The summed E-state index contributed by atoms with van der Waals surface area (Å²) >= 11 is 0. The average Bonchev–Trinajstić information content (AvgIpc) is 3.49. The third-order valence-corrected chi connectivity index (χ3v) is 6.87. The van der Waals surface area contributed by atoms with Gasteiger partial charge in [-0.05, 0) is 57.6 Å². The lowest BCUT2D eigenvalue weighted by Crippen LogP contribution is -2.56. The average molecular weight is 437 g/mol. The highest BCUT2D eigenvalue weighted by molar-refractivity contribution is 5.94. The zero-order valence-corrected chi connectivity index (χ0v) is 18.9. The molecular weight excluding hydrogens is 404 g/mol. The Morgan fingerprint density at radius 1 is 1.25 bits per heavy atom. The summed E-state index contributed by atoms with van der Waals surface area (Å²) in [5, 5.41) is 6.39. The van der Waals surface area contributed by atoms with Gasteiger partial charge in [-0.2, -0.15) is 4.98 Å². The summed E-state index contributed by atoms with van der Waals surface area (Å²) in [5.41, 5.74) is 1.49. The predicted molar refractivity (Wildman–Crippen MR) is 125 cm³/mol. The lowest BCUT2D eigenvalue weighted by Gasteiger charge is -2.38. The minimum absolute atomic E-state index is 0.141. The van der Waals surface area contributed by atoms with Crippen LogP contribution in [-0.4, -0.2) is 66.1 Å². The first-order valence-corrected chi connectivity index (χ1v) is 11.6. The molecule has 0 radical (unpaired) electrons. The van der Waals surface area contributed by atoms with Crippen LogP contribution in [0.25, 0.3) is 0 Å². The summed E-state index contributed by atoms with van der Waals surface area (Å²) < 4.78 is 5.77. The molecule has 1 saturated carbocycles. The molecule has 0 bridgehead atoms. The van der Waals surface area contributed by atoms with Crippen LogP contribution < -0.4 is 20.3 Å². The van der Waals surface area contributed by atoms with E-state index in [4.69, 9.17) is 9.72 Å². The van der Waals surface area contributed by atoms with E-state index < -0.39 is 5.54 Å². The van der Waals surface area contributed by atoms with Crippen molar-refractivity contribution in [2.45, 2.75) is 50.1 Å². The van der Waals surface area contributed by atoms with Crippen LogP contribution in [0.15, 0.2) is 30.5 Å². The molecule has 1 atom stereocenters. The highest BCUT2D eigenvalue weighted by atomic mass is 16.5. The molecule has 1 amide bonds. The fourth-order valence-corrected chi connectivity index (χ4v) is 5.25. The molecule has 5 rings (SSSR count). The Hall–Kier alpha value is -2.87. The van der Waals surface area contributed by atoms with E-state index in [0.29, 0.717) is 25.0 Å². The summed E-state index contributed by atoms with van der Waals surface area (Å²) in [5.74, 6) is 2.47. The van der Waals surface area contributed by atoms with E-state index >= 15 is 0 Å². The summed E-state index contributed by atoms with van der Waals surface area (Å²) in [6.07, 6.45) is 8.10. The molecule has 2 N–H and O–H groups in total. The third-order valence-electron chi connectivity index (χ3n) is 6.87. The van der Waals surface area contributed by atoms with Crippen molar-refractivity contribution in [1.82, 2.24) is 20.2 Å². The topological polar surface area (TPSA) is 82.6 Å². The van der Waals surface area contributed by atoms with Crippen molar-refractivity contribution in [3.63, 3.8) is 0 Å². The van der Waals surface area contributed by atoms with Gasteiger partial charge in [0.05, 0.1) is 0 Å². The Morgan fingerprint density at radius 3 is 2.72 bits per heavy atom. The molecule has 8 heteroatoms. The summed E-state index contributed by atoms with van der Waals surface area (Å²) in [6.45, 7) is 2.26. The van der Waals surface area contributed by atoms with Crippen molar-refractivity contribution in [2.75, 3.05) is 44.0 Å². The Labute approximate surface area is 189 Å². The number of hydrogen-bond acceptors (Lipinski definition) is 7. The Morgan fingerprint density at radius 2 is 2.03 bits per heavy atom. The second kappa shape index (κ2) is 8.58. The number of benzene rings is 1. The van der Waals surface area contributed by atoms with E-state index in [1.807, 2.05) is 44.6 Å². The van der Waals surface area contributed by atoms with Gasteiger partial charge in [-0.3, -0.25) is 4.79 Å². The predicted octanol–water partition coefficient (Wildman–Crippen LogP) is 2.72. The number of ether oxygens (including phenoxy) is 1. The molecule has 8 nitrogen and oxygen atoms in total.